The van der Waals surface area contributed by atoms with Crippen LogP contribution in [0.2, 0.25) is 0 Å². The molecule has 10 heteroatoms. The third-order valence-corrected chi connectivity index (χ3v) is 7.09. The summed E-state index contributed by atoms with van der Waals surface area (Å²) in [7, 11) is 0. The lowest BCUT2D eigenvalue weighted by atomic mass is 9.85. The first kappa shape index (κ1) is 27.7. The topological polar surface area (TPSA) is 114 Å². The molecule has 36 heavy (non-hydrogen) atoms. The highest BCUT2D eigenvalue weighted by molar-refractivity contribution is 5.97. The molecule has 1 heterocycles. The van der Waals surface area contributed by atoms with E-state index in [4.69, 9.17) is 5.21 Å². The van der Waals surface area contributed by atoms with Crippen LogP contribution in [0.25, 0.3) is 0 Å². The Balaban J connectivity index is 1.75. The van der Waals surface area contributed by atoms with Gasteiger partial charge in [0.2, 0.25) is 5.91 Å². The maximum Gasteiger partial charge on any atom is 0.319 e. The third-order valence-electron chi connectivity index (χ3n) is 7.09. The molecule has 1 aliphatic carbocycles. The van der Waals surface area contributed by atoms with E-state index in [1.807, 2.05) is 20.8 Å². The first-order valence-electron chi connectivity index (χ1n) is 12.9. The summed E-state index contributed by atoms with van der Waals surface area (Å²) in [4.78, 5) is 42.1. The van der Waals surface area contributed by atoms with Crippen molar-refractivity contribution in [1.82, 2.24) is 15.7 Å². The smallest absolute Gasteiger partial charge is 0.319 e. The van der Waals surface area contributed by atoms with E-state index in [1.165, 1.54) is 29.9 Å². The molecule has 1 saturated carbocycles. The van der Waals surface area contributed by atoms with Crippen LogP contribution >= 0.6 is 0 Å². The van der Waals surface area contributed by atoms with Gasteiger partial charge in [0.05, 0.1) is 11.4 Å². The fourth-order valence-corrected chi connectivity index (χ4v) is 5.08. The van der Waals surface area contributed by atoms with E-state index in [-0.39, 0.29) is 6.54 Å². The average molecular weight is 506 g/mol. The molecule has 1 aromatic carbocycles. The van der Waals surface area contributed by atoms with Crippen molar-refractivity contribution in [3.8, 4) is 0 Å². The summed E-state index contributed by atoms with van der Waals surface area (Å²) in [5.41, 5.74) is 2.00. The van der Waals surface area contributed by atoms with Gasteiger partial charge < -0.3 is 20.4 Å². The maximum absolute atomic E-state index is 14.0. The number of halogens is 1. The second kappa shape index (κ2) is 12.4. The molecule has 1 aliphatic heterocycles. The molecule has 0 bridgehead atoms. The van der Waals surface area contributed by atoms with E-state index in [9.17, 15) is 18.8 Å². The van der Waals surface area contributed by atoms with Gasteiger partial charge in [-0.1, -0.05) is 46.5 Å². The number of nitrogens with zero attached hydrogens (tertiary/aromatic N) is 2. The zero-order valence-electron chi connectivity index (χ0n) is 21.6. The molecular formula is C26H40FN5O4. The predicted molar refractivity (Wildman–Crippen MR) is 136 cm³/mol. The molecule has 0 radical (unpaired) electrons. The maximum atomic E-state index is 14.0. The number of nitrogens with one attached hydrogen (secondary N) is 3. The minimum absolute atomic E-state index is 0.305. The summed E-state index contributed by atoms with van der Waals surface area (Å²) in [6, 6.07) is 2.72. The summed E-state index contributed by atoms with van der Waals surface area (Å²) in [6.45, 7) is 7.19. The van der Waals surface area contributed by atoms with Crippen molar-refractivity contribution in [3.05, 3.63) is 24.0 Å². The normalized spacial score (nSPS) is 17.1. The largest absolute Gasteiger partial charge is 0.370 e. The van der Waals surface area contributed by atoms with E-state index in [2.05, 4.69) is 15.5 Å². The van der Waals surface area contributed by atoms with Gasteiger partial charge >= 0.3 is 6.03 Å². The van der Waals surface area contributed by atoms with Crippen LogP contribution < -0.4 is 21.0 Å². The van der Waals surface area contributed by atoms with Crippen molar-refractivity contribution in [2.75, 3.05) is 36.4 Å². The highest BCUT2D eigenvalue weighted by atomic mass is 19.1. The molecular weight excluding hydrogens is 465 g/mol. The van der Waals surface area contributed by atoms with Crippen LogP contribution in [0.1, 0.15) is 65.7 Å². The molecule has 3 rings (SSSR count). The number of anilines is 2. The fourth-order valence-electron chi connectivity index (χ4n) is 5.08. The summed E-state index contributed by atoms with van der Waals surface area (Å²) in [6.07, 6.45) is 7.36. The molecule has 2 fully saturated rings. The summed E-state index contributed by atoms with van der Waals surface area (Å²) in [5, 5.41) is 14.5. The predicted octanol–water partition coefficient (Wildman–Crippen LogP) is 3.88. The summed E-state index contributed by atoms with van der Waals surface area (Å²) >= 11 is 0. The van der Waals surface area contributed by atoms with Crippen molar-refractivity contribution in [1.29, 1.82) is 0 Å². The Morgan fingerprint density at radius 2 is 1.81 bits per heavy atom. The number of urea groups is 1. The standard InChI is InChI=1S/C26H40FN5O4/c1-26(2,3)23(24(34)32(17-22(33)30-36)15-12-18-8-4-5-9-18)29-25(35)28-20-16-19(27)10-11-21(20)31-13-6-7-14-31/h10-11,16,18,23,36H,4-9,12-15,17H2,1-3H3,(H,30,33)(H2,28,29,35). The van der Waals surface area contributed by atoms with E-state index in [0.717, 1.165) is 50.9 Å². The molecule has 0 spiro atoms. The van der Waals surface area contributed by atoms with Crippen LogP contribution in [-0.2, 0) is 9.59 Å². The minimum atomic E-state index is -0.948. The van der Waals surface area contributed by atoms with Crippen LogP contribution in [0.3, 0.4) is 0 Å². The molecule has 1 unspecified atom stereocenters. The van der Waals surface area contributed by atoms with E-state index in [1.54, 1.807) is 11.5 Å². The first-order valence-corrected chi connectivity index (χ1v) is 12.9. The van der Waals surface area contributed by atoms with Gasteiger partial charge in [0.1, 0.15) is 18.4 Å². The zero-order chi connectivity index (χ0) is 26.3. The van der Waals surface area contributed by atoms with Gasteiger partial charge in [-0.3, -0.25) is 14.8 Å². The van der Waals surface area contributed by atoms with Crippen molar-refractivity contribution in [2.24, 2.45) is 11.3 Å². The minimum Gasteiger partial charge on any atom is -0.370 e. The van der Waals surface area contributed by atoms with Crippen molar-refractivity contribution >= 4 is 29.2 Å². The number of benzene rings is 1. The van der Waals surface area contributed by atoms with Crippen molar-refractivity contribution in [2.45, 2.75) is 71.8 Å². The van der Waals surface area contributed by atoms with Crippen LogP contribution in [0, 0.1) is 17.2 Å². The van der Waals surface area contributed by atoms with Gasteiger partial charge in [0.25, 0.3) is 5.91 Å². The van der Waals surface area contributed by atoms with Gasteiger partial charge in [-0.2, -0.15) is 0 Å². The number of amides is 4. The molecule has 2 aliphatic rings. The van der Waals surface area contributed by atoms with E-state index < -0.39 is 35.1 Å². The van der Waals surface area contributed by atoms with Gasteiger partial charge in [-0.25, -0.2) is 14.7 Å². The van der Waals surface area contributed by atoms with E-state index >= 15 is 0 Å². The Hall–Kier alpha value is -2.88. The number of hydrogen-bond donors (Lipinski definition) is 4. The molecule has 9 nitrogen and oxygen atoms in total. The Bertz CT molecular complexity index is 923. The van der Waals surface area contributed by atoms with Crippen LogP contribution in [0.4, 0.5) is 20.6 Å². The number of hydroxylamine groups is 1. The van der Waals surface area contributed by atoms with Crippen LogP contribution in [0.15, 0.2) is 18.2 Å². The van der Waals surface area contributed by atoms with Crippen molar-refractivity contribution in [3.63, 3.8) is 0 Å². The molecule has 0 aromatic heterocycles. The first-order chi connectivity index (χ1) is 17.1. The van der Waals surface area contributed by atoms with Gasteiger partial charge in [-0.05, 0) is 48.8 Å². The highest BCUT2D eigenvalue weighted by Crippen LogP contribution is 2.31. The van der Waals surface area contributed by atoms with Gasteiger partial charge in [0, 0.05) is 19.6 Å². The molecule has 1 atom stereocenters. The number of carbonyl (C=O) groups is 3. The quantitative estimate of drug-likeness (QED) is 0.301. The van der Waals surface area contributed by atoms with Gasteiger partial charge in [0.15, 0.2) is 0 Å². The molecule has 200 valence electrons. The number of carbonyl (C=O) groups excluding carboxylic acids is 3. The average Bonchev–Trinajstić information content (AvgIpc) is 3.53. The van der Waals surface area contributed by atoms with E-state index in [0.29, 0.717) is 18.2 Å². The monoisotopic (exact) mass is 505 g/mol. The molecule has 4 N–H and O–H groups in total. The molecule has 1 saturated heterocycles. The SMILES string of the molecule is CC(C)(C)C(NC(=O)Nc1cc(F)ccc1N1CCCC1)C(=O)N(CCC1CCCC1)CC(=O)NO. The van der Waals surface area contributed by atoms with Crippen LogP contribution in [0.5, 0.6) is 0 Å². The second-order valence-electron chi connectivity index (χ2n) is 11.0. The molecule has 1 aromatic rings. The Kier molecular flexibility index (Phi) is 9.53. The lowest BCUT2D eigenvalue weighted by molar-refractivity contribution is -0.142. The third kappa shape index (κ3) is 7.56. The van der Waals surface area contributed by atoms with Gasteiger partial charge in [-0.15, -0.1) is 0 Å². The number of rotatable bonds is 9. The lowest BCUT2D eigenvalue weighted by Gasteiger charge is -2.35. The zero-order valence-corrected chi connectivity index (χ0v) is 21.6. The summed E-state index contributed by atoms with van der Waals surface area (Å²) in [5.74, 6) is -1.07. The van der Waals surface area contributed by atoms with Crippen molar-refractivity contribution < 1.29 is 24.0 Å². The highest BCUT2D eigenvalue weighted by Gasteiger charge is 2.37. The number of hydrogen-bond acceptors (Lipinski definition) is 5. The lowest BCUT2D eigenvalue weighted by Crippen LogP contribution is -2.57. The fraction of sp³-hybridized carbons (Fsp3) is 0.654. The van der Waals surface area contributed by atoms with Crippen LogP contribution in [-0.4, -0.2) is 60.2 Å². The Morgan fingerprint density at radius 1 is 1.14 bits per heavy atom. The summed E-state index contributed by atoms with van der Waals surface area (Å²) < 4.78 is 14.0. The molecule has 4 amide bonds. The Labute approximate surface area is 212 Å². The second-order valence-corrected chi connectivity index (χ2v) is 11.0. The Morgan fingerprint density at radius 3 is 2.42 bits per heavy atom.